The van der Waals surface area contributed by atoms with E-state index < -0.39 is 12.0 Å². The molecule has 2 rings (SSSR count). The van der Waals surface area contributed by atoms with Crippen LogP contribution in [0.3, 0.4) is 0 Å². The Kier molecular flexibility index (Phi) is 3.90. The van der Waals surface area contributed by atoms with Gasteiger partial charge < -0.3 is 9.52 Å². The average molecular weight is 261 g/mol. The fourth-order valence-electron chi connectivity index (χ4n) is 2.26. The van der Waals surface area contributed by atoms with Gasteiger partial charge in [-0.2, -0.15) is 0 Å². The van der Waals surface area contributed by atoms with E-state index in [1.807, 2.05) is 45.0 Å². The second kappa shape index (κ2) is 5.45. The van der Waals surface area contributed by atoms with Gasteiger partial charge in [0.05, 0.1) is 0 Å². The number of aryl methyl sites for hydroxylation is 1. The van der Waals surface area contributed by atoms with Gasteiger partial charge in [-0.05, 0) is 18.9 Å². The lowest BCUT2D eigenvalue weighted by Crippen LogP contribution is -2.40. The third kappa shape index (κ3) is 2.79. The Balaban J connectivity index is 2.22. The summed E-state index contributed by atoms with van der Waals surface area (Å²) in [6.07, 6.45) is 0. The predicted molar refractivity (Wildman–Crippen MR) is 74.1 cm³/mol. The highest BCUT2D eigenvalue weighted by Crippen LogP contribution is 2.25. The number of para-hydroxylation sites is 1. The molecule has 0 saturated carbocycles. The summed E-state index contributed by atoms with van der Waals surface area (Å²) in [6.45, 7) is 6.19. The van der Waals surface area contributed by atoms with Gasteiger partial charge >= 0.3 is 5.97 Å². The molecule has 0 saturated heterocycles. The number of carbonyl (C=O) groups is 1. The lowest BCUT2D eigenvalue weighted by atomic mass is 10.0. The molecular formula is C15H19NO3. The number of hydrogen-bond donors (Lipinski definition) is 2. The van der Waals surface area contributed by atoms with Gasteiger partial charge in [0, 0.05) is 17.5 Å². The van der Waals surface area contributed by atoms with Crippen molar-refractivity contribution in [3.63, 3.8) is 0 Å². The molecule has 2 aromatic rings. The van der Waals surface area contributed by atoms with Gasteiger partial charge in [-0.3, -0.25) is 10.1 Å². The maximum Gasteiger partial charge on any atom is 0.320 e. The van der Waals surface area contributed by atoms with Crippen LogP contribution in [0.2, 0.25) is 0 Å². The Morgan fingerprint density at radius 3 is 2.68 bits per heavy atom. The van der Waals surface area contributed by atoms with Crippen molar-refractivity contribution in [2.45, 2.75) is 33.4 Å². The minimum absolute atomic E-state index is 0.0379. The topological polar surface area (TPSA) is 62.5 Å². The SMILES string of the molecule is Cc1oc2ccccc2c1CNC(C(=O)O)C(C)C. The lowest BCUT2D eigenvalue weighted by molar-refractivity contribution is -0.140. The molecule has 1 aromatic heterocycles. The highest BCUT2D eigenvalue weighted by molar-refractivity contribution is 5.82. The molecule has 0 spiro atoms. The van der Waals surface area contributed by atoms with Crippen LogP contribution in [0.15, 0.2) is 28.7 Å². The van der Waals surface area contributed by atoms with Crippen LogP contribution in [-0.2, 0) is 11.3 Å². The van der Waals surface area contributed by atoms with Crippen LogP contribution in [0.1, 0.15) is 25.2 Å². The maximum absolute atomic E-state index is 11.2. The maximum atomic E-state index is 11.2. The molecule has 1 unspecified atom stereocenters. The van der Waals surface area contributed by atoms with Crippen molar-refractivity contribution in [2.24, 2.45) is 5.92 Å². The summed E-state index contributed by atoms with van der Waals surface area (Å²) < 4.78 is 5.66. The van der Waals surface area contributed by atoms with Crippen molar-refractivity contribution in [3.8, 4) is 0 Å². The number of rotatable bonds is 5. The van der Waals surface area contributed by atoms with Gasteiger partial charge in [0.2, 0.25) is 0 Å². The number of furan rings is 1. The number of aliphatic carboxylic acids is 1. The quantitative estimate of drug-likeness (QED) is 0.868. The van der Waals surface area contributed by atoms with E-state index in [1.54, 1.807) is 0 Å². The largest absolute Gasteiger partial charge is 0.480 e. The second-order valence-electron chi connectivity index (χ2n) is 5.07. The molecule has 102 valence electrons. The van der Waals surface area contributed by atoms with Gasteiger partial charge in [0.1, 0.15) is 17.4 Å². The normalized spacial score (nSPS) is 13.1. The van der Waals surface area contributed by atoms with Crippen LogP contribution in [-0.4, -0.2) is 17.1 Å². The Hall–Kier alpha value is -1.81. The molecular weight excluding hydrogens is 242 g/mol. The zero-order valence-corrected chi connectivity index (χ0v) is 11.4. The smallest absolute Gasteiger partial charge is 0.320 e. The van der Waals surface area contributed by atoms with Gasteiger partial charge in [0.25, 0.3) is 0 Å². The summed E-state index contributed by atoms with van der Waals surface area (Å²) in [5.41, 5.74) is 1.87. The van der Waals surface area contributed by atoms with E-state index in [0.29, 0.717) is 6.54 Å². The molecule has 19 heavy (non-hydrogen) atoms. The first-order chi connectivity index (χ1) is 9.00. The molecule has 0 aliphatic carbocycles. The molecule has 1 aromatic carbocycles. The van der Waals surface area contributed by atoms with Crippen LogP contribution >= 0.6 is 0 Å². The Bertz CT molecular complexity index is 586. The van der Waals surface area contributed by atoms with Crippen molar-refractivity contribution in [1.29, 1.82) is 0 Å². The molecule has 0 fully saturated rings. The first kappa shape index (κ1) is 13.6. The second-order valence-corrected chi connectivity index (χ2v) is 5.07. The molecule has 2 N–H and O–H groups in total. The third-order valence-electron chi connectivity index (χ3n) is 3.33. The van der Waals surface area contributed by atoms with Gasteiger partial charge in [0.15, 0.2) is 0 Å². The zero-order chi connectivity index (χ0) is 14.0. The van der Waals surface area contributed by atoms with Crippen molar-refractivity contribution in [1.82, 2.24) is 5.32 Å². The molecule has 0 aliphatic rings. The van der Waals surface area contributed by atoms with Crippen LogP contribution in [0.5, 0.6) is 0 Å². The molecule has 1 atom stereocenters. The fraction of sp³-hybridized carbons (Fsp3) is 0.400. The van der Waals surface area contributed by atoms with Crippen LogP contribution in [0.4, 0.5) is 0 Å². The average Bonchev–Trinajstić information content (AvgIpc) is 2.65. The van der Waals surface area contributed by atoms with Gasteiger partial charge in [-0.15, -0.1) is 0 Å². The van der Waals surface area contributed by atoms with Crippen molar-refractivity contribution < 1.29 is 14.3 Å². The van der Waals surface area contributed by atoms with Gasteiger partial charge in [-0.1, -0.05) is 32.0 Å². The Morgan fingerprint density at radius 1 is 1.37 bits per heavy atom. The monoisotopic (exact) mass is 261 g/mol. The standard InChI is InChI=1S/C15H19NO3/c1-9(2)14(15(17)18)16-8-12-10(3)19-13-7-5-4-6-11(12)13/h4-7,9,14,16H,8H2,1-3H3,(H,17,18). The number of carboxylic acids is 1. The first-order valence-corrected chi connectivity index (χ1v) is 6.44. The van der Waals surface area contributed by atoms with Crippen molar-refractivity contribution in [3.05, 3.63) is 35.6 Å². The van der Waals surface area contributed by atoms with Crippen LogP contribution in [0, 0.1) is 12.8 Å². The highest BCUT2D eigenvalue weighted by atomic mass is 16.4. The van der Waals surface area contributed by atoms with E-state index in [1.165, 1.54) is 0 Å². The van der Waals surface area contributed by atoms with E-state index in [9.17, 15) is 4.79 Å². The van der Waals surface area contributed by atoms with E-state index in [-0.39, 0.29) is 5.92 Å². The third-order valence-corrected chi connectivity index (χ3v) is 3.33. The number of carboxylic acid groups (broad SMARTS) is 1. The van der Waals surface area contributed by atoms with Gasteiger partial charge in [-0.25, -0.2) is 0 Å². The van der Waals surface area contributed by atoms with E-state index in [2.05, 4.69) is 5.32 Å². The lowest BCUT2D eigenvalue weighted by Gasteiger charge is -2.17. The van der Waals surface area contributed by atoms with E-state index in [0.717, 1.165) is 22.3 Å². The Labute approximate surface area is 112 Å². The first-order valence-electron chi connectivity index (χ1n) is 6.44. The molecule has 0 aliphatic heterocycles. The van der Waals surface area contributed by atoms with Crippen LogP contribution in [0.25, 0.3) is 11.0 Å². The number of benzene rings is 1. The van der Waals surface area contributed by atoms with E-state index >= 15 is 0 Å². The summed E-state index contributed by atoms with van der Waals surface area (Å²) in [6, 6.07) is 7.25. The van der Waals surface area contributed by atoms with Crippen molar-refractivity contribution in [2.75, 3.05) is 0 Å². The minimum Gasteiger partial charge on any atom is -0.480 e. The number of hydrogen-bond acceptors (Lipinski definition) is 3. The summed E-state index contributed by atoms with van der Waals surface area (Å²) >= 11 is 0. The Morgan fingerprint density at radius 2 is 2.05 bits per heavy atom. The molecule has 0 radical (unpaired) electrons. The molecule has 0 amide bonds. The number of fused-ring (bicyclic) bond motifs is 1. The summed E-state index contributed by atoms with van der Waals surface area (Å²) in [7, 11) is 0. The fourth-order valence-corrected chi connectivity index (χ4v) is 2.26. The molecule has 4 heteroatoms. The van der Waals surface area contributed by atoms with E-state index in [4.69, 9.17) is 9.52 Å². The minimum atomic E-state index is -0.819. The van der Waals surface area contributed by atoms with Crippen molar-refractivity contribution >= 4 is 16.9 Å². The number of nitrogens with one attached hydrogen (secondary N) is 1. The molecule has 1 heterocycles. The molecule has 0 bridgehead atoms. The molecule has 4 nitrogen and oxygen atoms in total. The summed E-state index contributed by atoms with van der Waals surface area (Å²) in [5, 5.41) is 13.3. The predicted octanol–water partition coefficient (Wildman–Crippen LogP) is 2.94. The summed E-state index contributed by atoms with van der Waals surface area (Å²) in [5.74, 6) is 0.0537. The zero-order valence-electron chi connectivity index (χ0n) is 11.4. The highest BCUT2D eigenvalue weighted by Gasteiger charge is 2.21. The van der Waals surface area contributed by atoms with Crippen LogP contribution < -0.4 is 5.32 Å². The summed E-state index contributed by atoms with van der Waals surface area (Å²) in [4.78, 5) is 11.2.